The van der Waals surface area contributed by atoms with Crippen LogP contribution in [0.1, 0.15) is 46.7 Å². The topological polar surface area (TPSA) is 124 Å². The summed E-state index contributed by atoms with van der Waals surface area (Å²) in [7, 11) is 14.8. The average molecular weight is 1670 g/mol. The van der Waals surface area contributed by atoms with Crippen molar-refractivity contribution in [2.75, 3.05) is 11.0 Å². The maximum Gasteiger partial charge on any atom is 0.119 e. The zero-order chi connectivity index (χ0) is 78.4. The number of fused-ring (bicyclic) bond motifs is 8. The first-order chi connectivity index (χ1) is 54.9. The van der Waals surface area contributed by atoms with E-state index in [9.17, 15) is 0 Å². The summed E-state index contributed by atoms with van der Waals surface area (Å²) in [5.74, 6) is 0. The van der Waals surface area contributed by atoms with Gasteiger partial charge in [-0.25, -0.2) is 4.98 Å². The number of aliphatic hydroxyl groups excluding tert-OH is 2. The van der Waals surface area contributed by atoms with Crippen LogP contribution in [0.3, 0.4) is 0 Å². The standard InChI is InChI=1S/C56H38N2.C24H16N2.C14H15N2.C5H12O2.CH3B3NP.Ir/c1-2-16-45(17-3-1)58-55-23-9-8-20-53(55)54-38-44(30-37-56(54)58)39-24-31-46(32-25-39)57(47-33-26-42(27-34-47)51-21-10-14-40-12-4-6-18-49(40)51)48-35-28-43(29-36-48)52-22-11-15-41-13-5-7-19-50(41)52;1-3-7-17(8-4-1)19-13-15-25-23-21(19)11-12-22-20(14-16-26-24(22)23)18-9-5-2-6-10-18;1-14(2,3)13-9-12(15-10-16-13)11-7-5-4-6-8-11;1-4(6)3-5(2)7;2-1-6(3,4)5;/h1-38H;1-16H;4-7,9-10H,1-3H3;4-7H,3H2,1-2H3;5H,1H2;/q;;-1;;;. The van der Waals surface area contributed by atoms with E-state index < -0.39 is 6.81 Å². The zero-order valence-electron chi connectivity index (χ0n) is 64.3. The number of aliphatic hydroxyl groups is 2. The Kier molecular flexibility index (Phi) is 25.8. The smallest absolute Gasteiger partial charge is 0.119 e. The molecule has 0 bridgehead atoms. The number of hydrogen-bond donors (Lipinski definition) is 3. The number of aromatic nitrogens is 5. The molecule has 14 aromatic carbocycles. The number of benzene rings is 14. The van der Waals surface area contributed by atoms with Crippen LogP contribution in [0.4, 0.5) is 17.1 Å². The van der Waals surface area contributed by atoms with Gasteiger partial charge in [0.05, 0.1) is 42.1 Å². The quantitative estimate of drug-likeness (QED) is 0.0455. The van der Waals surface area contributed by atoms with Crippen molar-refractivity contribution in [3.63, 3.8) is 0 Å². The van der Waals surface area contributed by atoms with Gasteiger partial charge in [-0.15, -0.1) is 42.7 Å². The Bertz CT molecular complexity index is 6070. The number of nitrogens with zero attached hydrogens (tertiary/aromatic N) is 6. The summed E-state index contributed by atoms with van der Waals surface area (Å²) in [5.41, 5.74) is 23.8. The Labute approximate surface area is 685 Å². The van der Waals surface area contributed by atoms with Gasteiger partial charge < -0.3 is 24.8 Å². The Morgan fingerprint density at radius 2 is 0.825 bits per heavy atom. The number of nitrogens with one attached hydrogen (secondary N) is 1. The predicted octanol–water partition coefficient (Wildman–Crippen LogP) is 25.1. The van der Waals surface area contributed by atoms with Crippen molar-refractivity contribution in [2.45, 2.75) is 58.7 Å². The molecule has 2 unspecified atom stereocenters. The van der Waals surface area contributed by atoms with Gasteiger partial charge in [-0.05, 0) is 182 Å². The molecule has 0 aliphatic heterocycles. The molecule has 0 spiro atoms. The van der Waals surface area contributed by atoms with Crippen LogP contribution in [0.2, 0.25) is 0 Å². The van der Waals surface area contributed by atoms with Crippen LogP contribution in [0.25, 0.3) is 138 Å². The molecule has 4 heterocycles. The van der Waals surface area contributed by atoms with Crippen LogP contribution in [0.15, 0.2) is 365 Å². The normalized spacial score (nSPS) is 11.7. The number of rotatable bonds is 13. The summed E-state index contributed by atoms with van der Waals surface area (Å²) >= 11 is 0. The molecule has 0 fully saturated rings. The molecule has 18 rings (SSSR count). The van der Waals surface area contributed by atoms with Crippen LogP contribution in [0, 0.1) is 11.2 Å². The molecule has 0 aliphatic rings. The SMILES string of the molecule is CC(C)(C)c1cc(-c2[c-]cccc2)ncn1.CC(O)CC(C)O.[B]CP([B])([B])=N.[Ir].c1ccc(-c2ccnc3c2ccc2c(-c4ccccc4)ccnc23)cc1.c1ccc(-n2c3ccccc3c3cc(-c4ccc(N(c5ccc(-c6cccc7ccccc67)cc5)c5ccc(-c6cccc7ccccc67)cc5)cc4)ccc32)cc1. The molecule has 0 aliphatic carbocycles. The van der Waals surface area contributed by atoms with Crippen molar-refractivity contribution in [1.29, 1.82) is 5.16 Å². The molecule has 3 N–H and O–H groups in total. The van der Waals surface area contributed by atoms with Crippen molar-refractivity contribution in [2.24, 2.45) is 0 Å². The number of anilines is 3. The van der Waals surface area contributed by atoms with Crippen LogP contribution in [-0.4, -0.2) is 76.0 Å². The maximum atomic E-state index is 8.56. The minimum Gasteiger partial charge on any atom is -0.393 e. The molecule has 14 heteroatoms. The number of pyridine rings is 2. The van der Waals surface area contributed by atoms with Crippen LogP contribution in [-0.2, 0) is 25.5 Å². The second-order valence-electron chi connectivity index (χ2n) is 29.1. The molecule has 555 valence electrons. The Morgan fingerprint density at radius 3 is 1.29 bits per heavy atom. The van der Waals surface area contributed by atoms with Gasteiger partial charge >= 0.3 is 0 Å². The average Bonchev–Trinajstić information content (AvgIpc) is 1.32. The van der Waals surface area contributed by atoms with Gasteiger partial charge in [0.25, 0.3) is 0 Å². The summed E-state index contributed by atoms with van der Waals surface area (Å²) in [4.78, 5) is 20.3. The Hall–Kier alpha value is -11.9. The van der Waals surface area contributed by atoms with E-state index in [2.05, 4.69) is 360 Å². The summed E-state index contributed by atoms with van der Waals surface area (Å²) < 4.78 is 2.37. The number of para-hydroxylation sites is 2. The molecular formula is C100H84B3IrN7O2P-. The minimum absolute atomic E-state index is 0. The fourth-order valence-electron chi connectivity index (χ4n) is 14.3. The third kappa shape index (κ3) is 18.9. The predicted molar refractivity (Wildman–Crippen MR) is 479 cm³/mol. The fraction of sp³-hybridized carbons (Fsp3) is 0.100. The molecule has 0 amide bonds. The fourth-order valence-corrected chi connectivity index (χ4v) is 14.3. The Balaban J connectivity index is 0.000000165. The summed E-state index contributed by atoms with van der Waals surface area (Å²) in [6.45, 7) is 7.39. The van der Waals surface area contributed by atoms with E-state index in [1.807, 2.05) is 54.9 Å². The summed E-state index contributed by atoms with van der Waals surface area (Å²) in [6, 6.07) is 126. The zero-order valence-corrected chi connectivity index (χ0v) is 67.6. The van der Waals surface area contributed by atoms with E-state index in [4.69, 9.17) is 38.4 Å². The largest absolute Gasteiger partial charge is 0.393 e. The third-order valence-electron chi connectivity index (χ3n) is 19.8. The van der Waals surface area contributed by atoms with Crippen molar-refractivity contribution in [1.82, 2.24) is 24.5 Å². The molecule has 0 saturated heterocycles. The molecule has 2 atom stereocenters. The van der Waals surface area contributed by atoms with E-state index in [1.165, 1.54) is 105 Å². The van der Waals surface area contributed by atoms with Gasteiger partial charge in [0.15, 0.2) is 0 Å². The molecular weight excluding hydrogens is 1590 g/mol. The van der Waals surface area contributed by atoms with Gasteiger partial charge in [-0.2, -0.15) is 0 Å². The van der Waals surface area contributed by atoms with Crippen molar-refractivity contribution in [3.8, 4) is 72.6 Å². The van der Waals surface area contributed by atoms with E-state index in [0.717, 1.165) is 55.8 Å². The third-order valence-corrected chi connectivity index (χ3v) is 20.4. The van der Waals surface area contributed by atoms with E-state index in [0.29, 0.717) is 6.42 Å². The molecule has 7 radical (unpaired) electrons. The van der Waals surface area contributed by atoms with E-state index in [-0.39, 0.29) is 43.8 Å². The van der Waals surface area contributed by atoms with Gasteiger partial charge in [0.1, 0.15) is 21.5 Å². The van der Waals surface area contributed by atoms with Crippen LogP contribution < -0.4 is 4.90 Å². The van der Waals surface area contributed by atoms with Crippen molar-refractivity contribution < 1.29 is 30.3 Å². The molecule has 114 heavy (non-hydrogen) atoms. The molecule has 0 saturated carbocycles. The van der Waals surface area contributed by atoms with Gasteiger partial charge in [0.2, 0.25) is 0 Å². The number of hydrogen-bond acceptors (Lipinski definition) is 8. The van der Waals surface area contributed by atoms with Gasteiger partial charge in [0, 0.05) is 87.9 Å². The van der Waals surface area contributed by atoms with E-state index >= 15 is 0 Å². The summed E-state index contributed by atoms with van der Waals surface area (Å²) in [5, 5.41) is 33.6. The maximum absolute atomic E-state index is 8.56. The first kappa shape index (κ1) is 80.2. The monoisotopic (exact) mass is 1670 g/mol. The second kappa shape index (κ2) is 36.7. The second-order valence-corrected chi connectivity index (χ2v) is 31.3. The van der Waals surface area contributed by atoms with Crippen LogP contribution in [0.5, 0.6) is 0 Å². The summed E-state index contributed by atoms with van der Waals surface area (Å²) in [6.07, 6.45) is 5.10. The van der Waals surface area contributed by atoms with Crippen molar-refractivity contribution in [3.05, 3.63) is 376 Å². The molecule has 4 aromatic heterocycles. The van der Waals surface area contributed by atoms with E-state index in [1.54, 1.807) is 20.2 Å². The van der Waals surface area contributed by atoms with Gasteiger partial charge in [-0.1, -0.05) is 269 Å². The molecule has 9 nitrogen and oxygen atoms in total. The Morgan fingerprint density at radius 1 is 0.412 bits per heavy atom. The first-order valence-electron chi connectivity index (χ1n) is 37.9. The van der Waals surface area contributed by atoms with Crippen LogP contribution >= 0.6 is 6.81 Å². The van der Waals surface area contributed by atoms with Crippen molar-refractivity contribution >= 4 is 112 Å². The minimum atomic E-state index is -2.37. The first-order valence-corrected chi connectivity index (χ1v) is 40.0. The molecule has 18 aromatic rings. The van der Waals surface area contributed by atoms with Gasteiger partial charge in [-0.3, -0.25) is 15.0 Å².